The van der Waals surface area contributed by atoms with Gasteiger partial charge < -0.3 is 25.1 Å². The number of rotatable bonds is 4. The average molecular weight is 394 g/mol. The lowest BCUT2D eigenvalue weighted by Gasteiger charge is -2.17. The molecule has 3 N–H and O–H groups in total. The van der Waals surface area contributed by atoms with Crippen molar-refractivity contribution in [2.45, 2.75) is 27.2 Å². The highest BCUT2D eigenvalue weighted by molar-refractivity contribution is 6.06. The van der Waals surface area contributed by atoms with Gasteiger partial charge in [-0.05, 0) is 63.1 Å². The number of carbonyl (C=O) groups is 1. The normalized spacial score (nSPS) is 10.7. The van der Waals surface area contributed by atoms with Gasteiger partial charge in [0.05, 0.1) is 0 Å². The van der Waals surface area contributed by atoms with E-state index in [1.54, 1.807) is 0 Å². The monoisotopic (exact) mass is 394 g/mol. The molecule has 0 aliphatic heterocycles. The number of aromatic hydroxyl groups is 2. The number of hydrogen-bond donors (Lipinski definition) is 3. The molecule has 3 rings (SSSR count). The van der Waals surface area contributed by atoms with Crippen LogP contribution in [0, 0.1) is 6.92 Å². The summed E-state index contributed by atoms with van der Waals surface area (Å²) in [6, 6.07) is 6.93. The second kappa shape index (κ2) is 7.71. The van der Waals surface area contributed by atoms with E-state index in [9.17, 15) is 24.9 Å². The smallest absolute Gasteiger partial charge is 0.359 e. The van der Waals surface area contributed by atoms with Gasteiger partial charge in [0.1, 0.15) is 22.8 Å². The van der Waals surface area contributed by atoms with Crippen LogP contribution in [0.5, 0.6) is 17.2 Å². The van der Waals surface area contributed by atoms with Gasteiger partial charge in [0.25, 0.3) is 5.91 Å². The summed E-state index contributed by atoms with van der Waals surface area (Å²) < 4.78 is 5.15. The van der Waals surface area contributed by atoms with Gasteiger partial charge in [0.15, 0.2) is 0 Å². The van der Waals surface area contributed by atoms with Crippen LogP contribution in [-0.4, -0.2) is 16.1 Å². The van der Waals surface area contributed by atoms with Crippen molar-refractivity contribution in [1.82, 2.24) is 0 Å². The Hall–Kier alpha value is -3.74. The highest BCUT2D eigenvalue weighted by Gasteiger charge is 2.16. The number of phenolic OH excluding ortho intramolecular Hbond substituents is 2. The molecule has 0 radical (unpaired) electrons. The molecule has 0 atom stereocenters. The molecule has 29 heavy (non-hydrogen) atoms. The fraction of sp³-hybridized carbons (Fsp3) is 0.182. The summed E-state index contributed by atoms with van der Waals surface area (Å²) in [4.78, 5) is 24.9. The molecule has 0 saturated carbocycles. The Balaban J connectivity index is 1.98. The molecule has 1 aromatic heterocycles. The zero-order chi connectivity index (χ0) is 21.3. The number of benzene rings is 2. The van der Waals surface area contributed by atoms with E-state index in [4.69, 9.17) is 4.42 Å². The summed E-state index contributed by atoms with van der Waals surface area (Å²) in [5.41, 5.74) is 0.507. The Morgan fingerprint density at radius 3 is 2.55 bits per heavy atom. The minimum absolute atomic E-state index is 0.0216. The zero-order valence-corrected chi connectivity index (χ0v) is 16.2. The van der Waals surface area contributed by atoms with Gasteiger partial charge in [-0.3, -0.25) is 4.79 Å². The maximum absolute atomic E-state index is 12.7. The lowest BCUT2D eigenvalue weighted by molar-refractivity contribution is -0.264. The molecule has 7 nitrogen and oxygen atoms in total. The number of carbonyl (C=O) groups excluding carboxylic acids is 1. The Morgan fingerprint density at radius 1 is 1.17 bits per heavy atom. The maximum Gasteiger partial charge on any atom is 0.359 e. The molecule has 2 aromatic carbocycles. The Morgan fingerprint density at radius 2 is 1.86 bits per heavy atom. The van der Waals surface area contributed by atoms with Crippen LogP contribution in [-0.2, 0) is 6.42 Å². The minimum atomic E-state index is -1.01. The summed E-state index contributed by atoms with van der Waals surface area (Å²) in [6.45, 7) is 5.36. The van der Waals surface area contributed by atoms with Gasteiger partial charge in [-0.1, -0.05) is 17.4 Å². The first-order chi connectivity index (χ1) is 13.7. The first kappa shape index (κ1) is 20.0. The molecule has 0 spiro atoms. The van der Waals surface area contributed by atoms with Crippen molar-refractivity contribution < 1.29 is 24.5 Å². The fourth-order valence-corrected chi connectivity index (χ4v) is 2.86. The third kappa shape index (κ3) is 3.94. The van der Waals surface area contributed by atoms with E-state index in [2.05, 4.69) is 5.32 Å². The topological polar surface area (TPSA) is 123 Å². The number of amides is 1. The van der Waals surface area contributed by atoms with Crippen molar-refractivity contribution in [1.29, 1.82) is 0 Å². The van der Waals surface area contributed by atoms with E-state index in [0.29, 0.717) is 12.0 Å². The number of nitrogens with one attached hydrogen (secondary N) is 1. The predicted molar refractivity (Wildman–Crippen MR) is 108 cm³/mol. The standard InChI is InChI=1S/C22H21NO6/c1-11(2)4-5-13-10-14(6-8-17(13)25)21(27)23-18-19(26)15-7-9-16(24)12(3)20(15)29-22(18)28/h4,6-10,24-26H,5H2,1-3H3,(H,23,27)/p-1. The highest BCUT2D eigenvalue weighted by Crippen LogP contribution is 2.33. The van der Waals surface area contributed by atoms with Crippen LogP contribution in [0.1, 0.15) is 35.3 Å². The van der Waals surface area contributed by atoms with Crippen LogP contribution in [0.15, 0.2) is 51.2 Å². The Bertz CT molecular complexity index is 1200. The second-order valence-electron chi connectivity index (χ2n) is 6.96. The SMILES string of the molecule is CC(C)=CCc1cc(C(=O)Nc2c([O-])c3ccc(O)c(C)c3oc2=O)ccc1O. The summed E-state index contributed by atoms with van der Waals surface area (Å²) in [6.07, 6.45) is 2.34. The molecule has 0 aliphatic carbocycles. The maximum atomic E-state index is 12.7. The van der Waals surface area contributed by atoms with E-state index < -0.39 is 23.0 Å². The molecule has 1 amide bonds. The molecule has 3 aromatic rings. The molecule has 0 aliphatic rings. The van der Waals surface area contributed by atoms with Crippen molar-refractivity contribution in [2.75, 3.05) is 5.32 Å². The molecule has 150 valence electrons. The van der Waals surface area contributed by atoms with Gasteiger partial charge in [0, 0.05) is 16.5 Å². The number of phenols is 2. The van der Waals surface area contributed by atoms with Crippen molar-refractivity contribution in [3.05, 3.63) is 69.1 Å². The van der Waals surface area contributed by atoms with Gasteiger partial charge in [0.2, 0.25) is 0 Å². The van der Waals surface area contributed by atoms with Crippen molar-refractivity contribution >= 4 is 22.6 Å². The van der Waals surface area contributed by atoms with Crippen molar-refractivity contribution in [2.24, 2.45) is 0 Å². The van der Waals surface area contributed by atoms with Gasteiger partial charge >= 0.3 is 5.63 Å². The first-order valence-corrected chi connectivity index (χ1v) is 8.92. The largest absolute Gasteiger partial charge is 0.870 e. The third-order valence-electron chi connectivity index (χ3n) is 4.56. The van der Waals surface area contributed by atoms with Crippen LogP contribution >= 0.6 is 0 Å². The zero-order valence-electron chi connectivity index (χ0n) is 16.2. The van der Waals surface area contributed by atoms with Crippen molar-refractivity contribution in [3.8, 4) is 17.2 Å². The molecule has 1 heterocycles. The summed E-state index contributed by atoms with van der Waals surface area (Å²) in [5, 5.41) is 34.8. The van der Waals surface area contributed by atoms with E-state index in [1.807, 2.05) is 19.9 Å². The number of aryl methyl sites for hydroxylation is 1. The molecule has 7 heteroatoms. The van der Waals surface area contributed by atoms with Crippen LogP contribution < -0.4 is 16.0 Å². The van der Waals surface area contributed by atoms with E-state index in [-0.39, 0.29) is 33.6 Å². The predicted octanol–water partition coefficient (Wildman–Crippen LogP) is 3.35. The molecular formula is C22H20NO6-. The third-order valence-corrected chi connectivity index (χ3v) is 4.56. The second-order valence-corrected chi connectivity index (χ2v) is 6.96. The molecule has 0 unspecified atom stereocenters. The summed E-state index contributed by atoms with van der Waals surface area (Å²) in [5.74, 6) is -1.44. The number of anilines is 1. The van der Waals surface area contributed by atoms with E-state index in [1.165, 1.54) is 37.3 Å². The van der Waals surface area contributed by atoms with E-state index in [0.717, 1.165) is 5.57 Å². The number of hydrogen-bond acceptors (Lipinski definition) is 6. The molecule has 0 bridgehead atoms. The van der Waals surface area contributed by atoms with Crippen LogP contribution in [0.4, 0.5) is 5.69 Å². The fourth-order valence-electron chi connectivity index (χ4n) is 2.86. The molecule has 0 fully saturated rings. The van der Waals surface area contributed by atoms with Crippen LogP contribution in [0.3, 0.4) is 0 Å². The van der Waals surface area contributed by atoms with E-state index >= 15 is 0 Å². The van der Waals surface area contributed by atoms with Crippen molar-refractivity contribution in [3.63, 3.8) is 0 Å². The average Bonchev–Trinajstić information content (AvgIpc) is 2.67. The Kier molecular flexibility index (Phi) is 5.32. The summed E-state index contributed by atoms with van der Waals surface area (Å²) in [7, 11) is 0. The lowest BCUT2D eigenvalue weighted by atomic mass is 10.0. The minimum Gasteiger partial charge on any atom is -0.870 e. The highest BCUT2D eigenvalue weighted by atomic mass is 16.4. The van der Waals surface area contributed by atoms with Gasteiger partial charge in [-0.15, -0.1) is 0 Å². The first-order valence-electron chi connectivity index (χ1n) is 8.92. The van der Waals surface area contributed by atoms with Crippen LogP contribution in [0.25, 0.3) is 11.0 Å². The lowest BCUT2D eigenvalue weighted by Crippen LogP contribution is -2.20. The summed E-state index contributed by atoms with van der Waals surface area (Å²) >= 11 is 0. The number of fused-ring (bicyclic) bond motifs is 1. The van der Waals surface area contributed by atoms with Crippen LogP contribution in [0.2, 0.25) is 0 Å². The molecular weight excluding hydrogens is 374 g/mol. The number of allylic oxidation sites excluding steroid dienone is 2. The molecule has 0 saturated heterocycles. The van der Waals surface area contributed by atoms with Gasteiger partial charge in [-0.2, -0.15) is 0 Å². The van der Waals surface area contributed by atoms with Gasteiger partial charge in [-0.25, -0.2) is 4.79 Å². The Labute approximate surface area is 166 Å². The quantitative estimate of drug-likeness (QED) is 0.461.